The number of aromatic nitrogens is 3. The summed E-state index contributed by atoms with van der Waals surface area (Å²) in [5.74, 6) is 0.819. The van der Waals surface area contributed by atoms with E-state index in [4.69, 9.17) is 4.98 Å². The summed E-state index contributed by atoms with van der Waals surface area (Å²) < 4.78 is 0. The summed E-state index contributed by atoms with van der Waals surface area (Å²) in [6.07, 6.45) is 3.87. The van der Waals surface area contributed by atoms with Gasteiger partial charge < -0.3 is 15.2 Å². The lowest BCUT2D eigenvalue weighted by Gasteiger charge is -2.27. The minimum atomic E-state index is 0.819. The summed E-state index contributed by atoms with van der Waals surface area (Å²) in [5, 5.41) is 4.55. The number of anilines is 1. The zero-order valence-corrected chi connectivity index (χ0v) is 11.7. The van der Waals surface area contributed by atoms with Gasteiger partial charge in [-0.3, -0.25) is 0 Å². The van der Waals surface area contributed by atoms with Crippen LogP contribution in [-0.4, -0.2) is 41.1 Å². The molecule has 0 unspecified atom stereocenters. The van der Waals surface area contributed by atoms with E-state index >= 15 is 0 Å². The number of nitrogens with one attached hydrogen (secondary N) is 2. The van der Waals surface area contributed by atoms with Crippen molar-refractivity contribution in [3.63, 3.8) is 0 Å². The topological polar surface area (TPSA) is 56.8 Å². The van der Waals surface area contributed by atoms with Gasteiger partial charge in [0.05, 0.1) is 5.69 Å². The highest BCUT2D eigenvalue weighted by atomic mass is 15.3. The fourth-order valence-electron chi connectivity index (χ4n) is 2.80. The number of fused-ring (bicyclic) bond motifs is 1. The molecule has 4 rings (SSSR count). The third-order valence-electron chi connectivity index (χ3n) is 3.91. The van der Waals surface area contributed by atoms with Crippen LogP contribution in [0.5, 0.6) is 0 Å². The Morgan fingerprint density at radius 1 is 1.05 bits per heavy atom. The molecule has 1 aromatic carbocycles. The predicted molar refractivity (Wildman–Crippen MR) is 84.4 cm³/mol. The molecule has 0 aliphatic carbocycles. The van der Waals surface area contributed by atoms with Crippen LogP contribution in [-0.2, 0) is 0 Å². The van der Waals surface area contributed by atoms with E-state index in [1.165, 1.54) is 5.39 Å². The first-order valence-corrected chi connectivity index (χ1v) is 7.27. The molecule has 2 N–H and O–H groups in total. The maximum atomic E-state index is 4.76. The molecule has 3 heterocycles. The van der Waals surface area contributed by atoms with Gasteiger partial charge in [0, 0.05) is 55.0 Å². The van der Waals surface area contributed by atoms with Gasteiger partial charge in [-0.1, -0.05) is 18.2 Å². The Kier molecular flexibility index (Phi) is 3.05. The number of hydrogen-bond donors (Lipinski definition) is 2. The second kappa shape index (κ2) is 5.18. The minimum Gasteiger partial charge on any atom is -0.360 e. The van der Waals surface area contributed by atoms with Crippen molar-refractivity contribution in [2.24, 2.45) is 0 Å². The van der Waals surface area contributed by atoms with Crippen LogP contribution in [0.15, 0.2) is 42.7 Å². The van der Waals surface area contributed by atoms with Crippen molar-refractivity contribution in [1.82, 2.24) is 20.3 Å². The number of rotatable bonds is 2. The van der Waals surface area contributed by atoms with Crippen LogP contribution >= 0.6 is 0 Å². The second-order valence-corrected chi connectivity index (χ2v) is 5.23. The van der Waals surface area contributed by atoms with Gasteiger partial charge in [0.25, 0.3) is 0 Å². The number of para-hydroxylation sites is 1. The Balaban J connectivity index is 1.75. The van der Waals surface area contributed by atoms with E-state index < -0.39 is 0 Å². The van der Waals surface area contributed by atoms with E-state index in [0.29, 0.717) is 0 Å². The molecule has 1 aliphatic rings. The Morgan fingerprint density at radius 2 is 1.90 bits per heavy atom. The quantitative estimate of drug-likeness (QED) is 0.753. The molecule has 106 valence electrons. The van der Waals surface area contributed by atoms with Crippen molar-refractivity contribution in [3.05, 3.63) is 42.7 Å². The average molecular weight is 279 g/mol. The van der Waals surface area contributed by atoms with Gasteiger partial charge in [-0.25, -0.2) is 9.97 Å². The van der Waals surface area contributed by atoms with Crippen molar-refractivity contribution in [2.45, 2.75) is 0 Å². The van der Waals surface area contributed by atoms with Crippen LogP contribution in [0, 0.1) is 0 Å². The maximum absolute atomic E-state index is 4.76. The van der Waals surface area contributed by atoms with E-state index in [2.05, 4.69) is 38.4 Å². The van der Waals surface area contributed by atoms with Gasteiger partial charge >= 0.3 is 0 Å². The third-order valence-corrected chi connectivity index (χ3v) is 3.91. The van der Waals surface area contributed by atoms with Crippen LogP contribution in [0.2, 0.25) is 0 Å². The van der Waals surface area contributed by atoms with Crippen LogP contribution in [0.3, 0.4) is 0 Å². The summed E-state index contributed by atoms with van der Waals surface area (Å²) in [4.78, 5) is 14.7. The first-order chi connectivity index (χ1) is 10.4. The number of H-pyrrole nitrogens is 1. The highest BCUT2D eigenvalue weighted by molar-refractivity contribution is 5.94. The molecule has 2 aromatic heterocycles. The van der Waals surface area contributed by atoms with Gasteiger partial charge in [0.2, 0.25) is 5.95 Å². The monoisotopic (exact) mass is 279 g/mol. The van der Waals surface area contributed by atoms with E-state index in [1.807, 2.05) is 24.5 Å². The fourth-order valence-corrected chi connectivity index (χ4v) is 2.80. The lowest BCUT2D eigenvalue weighted by molar-refractivity contribution is 0.580. The van der Waals surface area contributed by atoms with Crippen molar-refractivity contribution in [2.75, 3.05) is 31.1 Å². The maximum Gasteiger partial charge on any atom is 0.225 e. The Labute approximate surface area is 123 Å². The number of nitrogens with zero attached hydrogens (tertiary/aromatic N) is 3. The van der Waals surface area contributed by atoms with Gasteiger partial charge in [0.15, 0.2) is 0 Å². The number of benzene rings is 1. The highest BCUT2D eigenvalue weighted by Gasteiger charge is 2.14. The molecule has 5 heteroatoms. The van der Waals surface area contributed by atoms with Crippen molar-refractivity contribution >= 4 is 16.9 Å². The molecule has 1 aliphatic heterocycles. The largest absolute Gasteiger partial charge is 0.360 e. The fraction of sp³-hybridized carbons (Fsp3) is 0.250. The predicted octanol–water partition coefficient (Wildman–Crippen LogP) is 2.03. The van der Waals surface area contributed by atoms with Gasteiger partial charge in [-0.2, -0.15) is 0 Å². The number of piperazine rings is 1. The number of hydrogen-bond acceptors (Lipinski definition) is 4. The minimum absolute atomic E-state index is 0.819. The van der Waals surface area contributed by atoms with Gasteiger partial charge in [-0.05, 0) is 12.1 Å². The normalized spacial score (nSPS) is 15.5. The second-order valence-electron chi connectivity index (χ2n) is 5.23. The van der Waals surface area contributed by atoms with E-state index in [-0.39, 0.29) is 0 Å². The Hall–Kier alpha value is -2.40. The molecule has 0 saturated carbocycles. The SMILES string of the molecule is c1ccc2c(-c3ccnc(N4CCNCC4)n3)c[nH]c2c1. The number of aromatic amines is 1. The molecule has 1 saturated heterocycles. The standard InChI is InChI=1S/C16H17N5/c1-2-4-14-12(3-1)13(11-19-14)15-5-6-18-16(20-15)21-9-7-17-8-10-21/h1-6,11,17,19H,7-10H2. The highest BCUT2D eigenvalue weighted by Crippen LogP contribution is 2.27. The molecule has 3 aromatic rings. The van der Waals surface area contributed by atoms with E-state index in [0.717, 1.165) is 48.9 Å². The van der Waals surface area contributed by atoms with Crippen molar-refractivity contribution in [1.29, 1.82) is 0 Å². The smallest absolute Gasteiger partial charge is 0.225 e. The molecule has 0 spiro atoms. The van der Waals surface area contributed by atoms with Gasteiger partial charge in [-0.15, -0.1) is 0 Å². The zero-order valence-electron chi connectivity index (χ0n) is 11.7. The summed E-state index contributed by atoms with van der Waals surface area (Å²) >= 11 is 0. The lowest BCUT2D eigenvalue weighted by atomic mass is 10.1. The lowest BCUT2D eigenvalue weighted by Crippen LogP contribution is -2.44. The summed E-state index contributed by atoms with van der Waals surface area (Å²) in [6, 6.07) is 10.3. The van der Waals surface area contributed by atoms with Crippen molar-refractivity contribution in [3.8, 4) is 11.3 Å². The first kappa shape index (κ1) is 12.3. The molecule has 0 radical (unpaired) electrons. The molecule has 0 atom stereocenters. The third kappa shape index (κ3) is 2.25. The Bertz CT molecular complexity index is 758. The van der Waals surface area contributed by atoms with Crippen LogP contribution in [0.25, 0.3) is 22.2 Å². The molecule has 0 amide bonds. The molecule has 5 nitrogen and oxygen atoms in total. The average Bonchev–Trinajstić information content (AvgIpc) is 3.00. The van der Waals surface area contributed by atoms with E-state index in [9.17, 15) is 0 Å². The van der Waals surface area contributed by atoms with Crippen molar-refractivity contribution < 1.29 is 0 Å². The van der Waals surface area contributed by atoms with Crippen LogP contribution in [0.1, 0.15) is 0 Å². The van der Waals surface area contributed by atoms with Crippen LogP contribution in [0.4, 0.5) is 5.95 Å². The van der Waals surface area contributed by atoms with Gasteiger partial charge in [0.1, 0.15) is 0 Å². The Morgan fingerprint density at radius 3 is 2.81 bits per heavy atom. The summed E-state index contributed by atoms with van der Waals surface area (Å²) in [5.41, 5.74) is 3.23. The molecule has 0 bridgehead atoms. The summed E-state index contributed by atoms with van der Waals surface area (Å²) in [6.45, 7) is 3.88. The molecule has 1 fully saturated rings. The molecule has 21 heavy (non-hydrogen) atoms. The molecular weight excluding hydrogens is 262 g/mol. The first-order valence-electron chi connectivity index (χ1n) is 7.27. The summed E-state index contributed by atoms with van der Waals surface area (Å²) in [7, 11) is 0. The van der Waals surface area contributed by atoms with E-state index in [1.54, 1.807) is 0 Å². The molecular formula is C16H17N5. The van der Waals surface area contributed by atoms with Crippen LogP contribution < -0.4 is 10.2 Å². The zero-order chi connectivity index (χ0) is 14.1.